The summed E-state index contributed by atoms with van der Waals surface area (Å²) in [4.78, 5) is 11.9. The van der Waals surface area contributed by atoms with Gasteiger partial charge in [0.05, 0.1) is 11.7 Å². The van der Waals surface area contributed by atoms with Gasteiger partial charge >= 0.3 is 12.1 Å². The topological polar surface area (TPSA) is 63.2 Å². The largest absolute Gasteiger partial charge is 0.459 e. The van der Waals surface area contributed by atoms with Crippen LogP contribution in [-0.4, -0.2) is 12.1 Å². The highest BCUT2D eigenvalue weighted by Gasteiger charge is 2.30. The number of halogens is 3. The van der Waals surface area contributed by atoms with Crippen molar-refractivity contribution in [3.63, 3.8) is 0 Å². The maximum absolute atomic E-state index is 12.8. The lowest BCUT2D eigenvalue weighted by Crippen LogP contribution is -2.15. The van der Waals surface area contributed by atoms with E-state index in [9.17, 15) is 18.0 Å². The van der Waals surface area contributed by atoms with E-state index < -0.39 is 17.7 Å². The number of ether oxygens (including phenoxy) is 1. The number of furan rings is 1. The number of alkyl halides is 3. The Morgan fingerprint density at radius 1 is 1.35 bits per heavy atom. The summed E-state index contributed by atoms with van der Waals surface area (Å²) in [7, 11) is 0. The van der Waals surface area contributed by atoms with Crippen LogP contribution in [0.5, 0.6) is 0 Å². The van der Waals surface area contributed by atoms with Gasteiger partial charge in [0.25, 0.3) is 0 Å². The molecule has 1 aromatic carbocycles. The van der Waals surface area contributed by atoms with E-state index in [0.717, 1.165) is 12.1 Å². The molecule has 1 aromatic heterocycles. The van der Waals surface area contributed by atoms with Gasteiger partial charge in [0.15, 0.2) is 0 Å². The van der Waals surface area contributed by atoms with Crippen LogP contribution >= 0.6 is 0 Å². The second-order valence-corrected chi connectivity index (χ2v) is 5.57. The number of carbonyl (C=O) groups is 1. The van der Waals surface area contributed by atoms with Crippen LogP contribution in [0, 0.1) is 11.3 Å². The first-order valence-electron chi connectivity index (χ1n) is 7.84. The van der Waals surface area contributed by atoms with Crippen molar-refractivity contribution in [2.45, 2.75) is 32.5 Å². The molecule has 2 rings (SSSR count). The van der Waals surface area contributed by atoms with Gasteiger partial charge in [0.1, 0.15) is 23.2 Å². The van der Waals surface area contributed by atoms with Gasteiger partial charge in [-0.05, 0) is 37.6 Å². The van der Waals surface area contributed by atoms with E-state index in [1.54, 1.807) is 13.0 Å². The van der Waals surface area contributed by atoms with Gasteiger partial charge in [0.2, 0.25) is 0 Å². The lowest BCUT2D eigenvalue weighted by atomic mass is 10.1. The van der Waals surface area contributed by atoms with Crippen molar-refractivity contribution < 1.29 is 27.1 Å². The first kappa shape index (κ1) is 19.3. The van der Waals surface area contributed by atoms with E-state index in [1.807, 2.05) is 6.92 Å². The highest BCUT2D eigenvalue weighted by molar-refractivity contribution is 5.97. The van der Waals surface area contributed by atoms with Crippen molar-refractivity contribution in [3.05, 3.63) is 53.3 Å². The average Bonchev–Trinajstić information content (AvgIpc) is 3.07. The zero-order valence-corrected chi connectivity index (χ0v) is 14.1. The minimum atomic E-state index is -4.46. The lowest BCUT2D eigenvalue weighted by Gasteiger charge is -2.09. The highest BCUT2D eigenvalue weighted by atomic mass is 19.4. The molecule has 0 spiro atoms. The van der Waals surface area contributed by atoms with Crippen LogP contribution < -0.4 is 0 Å². The van der Waals surface area contributed by atoms with E-state index in [1.165, 1.54) is 30.3 Å². The van der Waals surface area contributed by atoms with Crippen LogP contribution in [0.4, 0.5) is 13.2 Å². The van der Waals surface area contributed by atoms with Crippen LogP contribution in [-0.2, 0) is 15.7 Å². The van der Waals surface area contributed by atoms with E-state index in [4.69, 9.17) is 14.4 Å². The number of carbonyl (C=O) groups excluding carboxylic acids is 1. The van der Waals surface area contributed by atoms with Crippen molar-refractivity contribution in [1.29, 1.82) is 5.26 Å². The van der Waals surface area contributed by atoms with Crippen LogP contribution in [0.2, 0.25) is 0 Å². The van der Waals surface area contributed by atoms with Crippen LogP contribution in [0.1, 0.15) is 31.6 Å². The molecule has 1 atom stereocenters. The van der Waals surface area contributed by atoms with Gasteiger partial charge in [0, 0.05) is 11.6 Å². The van der Waals surface area contributed by atoms with Gasteiger partial charge in [-0.1, -0.05) is 19.1 Å². The SMILES string of the molecule is CCC(C)OC(=O)/C(C#N)=C/c1ccc(-c2cccc(C(F)(F)F)c2)o1. The third-order valence-electron chi connectivity index (χ3n) is 3.61. The van der Waals surface area contributed by atoms with Crippen LogP contribution in [0.25, 0.3) is 17.4 Å². The number of nitriles is 1. The van der Waals surface area contributed by atoms with Crippen molar-refractivity contribution in [2.24, 2.45) is 0 Å². The van der Waals surface area contributed by atoms with Crippen molar-refractivity contribution in [3.8, 4) is 17.4 Å². The maximum Gasteiger partial charge on any atom is 0.416 e. The predicted molar refractivity (Wildman–Crippen MR) is 88.6 cm³/mol. The Balaban J connectivity index is 2.27. The molecule has 0 aliphatic heterocycles. The van der Waals surface area contributed by atoms with Crippen LogP contribution in [0.15, 0.2) is 46.4 Å². The molecule has 2 aromatic rings. The number of rotatable bonds is 5. The van der Waals surface area contributed by atoms with E-state index in [0.29, 0.717) is 6.42 Å². The zero-order chi connectivity index (χ0) is 19.3. The Labute approximate surface area is 148 Å². The number of hydrogen-bond donors (Lipinski definition) is 0. The van der Waals surface area contributed by atoms with Crippen LogP contribution in [0.3, 0.4) is 0 Å². The second kappa shape index (κ2) is 7.91. The predicted octanol–water partition coefficient (Wildman–Crippen LogP) is 5.21. The van der Waals surface area contributed by atoms with Gasteiger partial charge in [-0.25, -0.2) is 4.79 Å². The molecule has 0 bridgehead atoms. The first-order valence-corrected chi connectivity index (χ1v) is 7.84. The van der Waals surface area contributed by atoms with Gasteiger partial charge in [-0.15, -0.1) is 0 Å². The Morgan fingerprint density at radius 2 is 2.08 bits per heavy atom. The van der Waals surface area contributed by atoms with Crippen molar-refractivity contribution >= 4 is 12.0 Å². The number of esters is 1. The summed E-state index contributed by atoms with van der Waals surface area (Å²) in [6, 6.07) is 9.35. The molecule has 136 valence electrons. The third kappa shape index (κ3) is 4.76. The lowest BCUT2D eigenvalue weighted by molar-refractivity contribution is -0.143. The van der Waals surface area contributed by atoms with Gasteiger partial charge < -0.3 is 9.15 Å². The minimum Gasteiger partial charge on any atom is -0.459 e. The van der Waals surface area contributed by atoms with Gasteiger partial charge in [-0.2, -0.15) is 18.4 Å². The standard InChI is InChI=1S/C19H16F3NO3/c1-3-12(2)25-18(24)14(11-23)10-16-7-8-17(26-16)13-5-4-6-15(9-13)19(20,21)22/h4-10,12H,3H2,1-2H3/b14-10+. The zero-order valence-electron chi connectivity index (χ0n) is 14.1. The molecule has 26 heavy (non-hydrogen) atoms. The molecule has 4 nitrogen and oxygen atoms in total. The number of benzene rings is 1. The van der Waals surface area contributed by atoms with E-state index >= 15 is 0 Å². The molecule has 0 amide bonds. The molecular formula is C19H16F3NO3. The van der Waals surface area contributed by atoms with E-state index in [-0.39, 0.29) is 28.8 Å². The summed E-state index contributed by atoms with van der Waals surface area (Å²) in [5.74, 6) is -0.427. The smallest absolute Gasteiger partial charge is 0.416 e. The maximum atomic E-state index is 12.8. The Hall–Kier alpha value is -3.01. The fourth-order valence-electron chi connectivity index (χ4n) is 2.04. The number of hydrogen-bond acceptors (Lipinski definition) is 4. The summed E-state index contributed by atoms with van der Waals surface area (Å²) in [5, 5.41) is 9.11. The van der Waals surface area contributed by atoms with Crippen molar-refractivity contribution in [1.82, 2.24) is 0 Å². The summed E-state index contributed by atoms with van der Waals surface area (Å²) < 4.78 is 48.9. The molecule has 0 aliphatic carbocycles. The Bertz CT molecular complexity index is 859. The molecule has 0 fully saturated rings. The molecule has 1 heterocycles. The van der Waals surface area contributed by atoms with E-state index in [2.05, 4.69) is 0 Å². The molecular weight excluding hydrogens is 347 g/mol. The normalized spacial score (nSPS) is 13.2. The fourth-order valence-corrected chi connectivity index (χ4v) is 2.04. The molecule has 0 saturated heterocycles. The second-order valence-electron chi connectivity index (χ2n) is 5.57. The number of nitrogens with zero attached hydrogens (tertiary/aromatic N) is 1. The third-order valence-corrected chi connectivity index (χ3v) is 3.61. The minimum absolute atomic E-state index is 0.162. The summed E-state index contributed by atoms with van der Waals surface area (Å²) in [6.07, 6.45) is -3.00. The van der Waals surface area contributed by atoms with Gasteiger partial charge in [-0.3, -0.25) is 0 Å². The molecule has 0 aliphatic rings. The average molecular weight is 363 g/mol. The first-order chi connectivity index (χ1) is 12.2. The summed E-state index contributed by atoms with van der Waals surface area (Å²) >= 11 is 0. The quantitative estimate of drug-likeness (QED) is 0.415. The summed E-state index contributed by atoms with van der Waals surface area (Å²) in [5.41, 5.74) is -0.811. The Morgan fingerprint density at radius 3 is 2.69 bits per heavy atom. The molecule has 7 heteroatoms. The monoisotopic (exact) mass is 363 g/mol. The molecule has 1 unspecified atom stereocenters. The Kier molecular flexibility index (Phi) is 5.88. The molecule has 0 saturated carbocycles. The van der Waals surface area contributed by atoms with Crippen molar-refractivity contribution in [2.75, 3.05) is 0 Å². The fraction of sp³-hybridized carbons (Fsp3) is 0.263. The molecule has 0 radical (unpaired) electrons. The molecule has 0 N–H and O–H groups in total. The highest BCUT2D eigenvalue weighted by Crippen LogP contribution is 2.32. The summed E-state index contributed by atoms with van der Waals surface area (Å²) in [6.45, 7) is 3.53.